The Labute approximate surface area is 226 Å². The highest BCUT2D eigenvalue weighted by Crippen LogP contribution is 2.33. The maximum absolute atomic E-state index is 13.3. The van der Waals surface area contributed by atoms with E-state index in [0.29, 0.717) is 29.4 Å². The van der Waals surface area contributed by atoms with Crippen molar-refractivity contribution in [1.29, 1.82) is 0 Å². The van der Waals surface area contributed by atoms with Crippen molar-refractivity contribution in [2.75, 3.05) is 12.4 Å². The third-order valence-corrected chi connectivity index (χ3v) is 6.45. The predicted molar refractivity (Wildman–Crippen MR) is 145 cm³/mol. The van der Waals surface area contributed by atoms with E-state index in [1.807, 2.05) is 50.2 Å². The Bertz CT molecular complexity index is 1500. The van der Waals surface area contributed by atoms with Crippen molar-refractivity contribution in [2.24, 2.45) is 0 Å². The van der Waals surface area contributed by atoms with Crippen molar-refractivity contribution < 1.29 is 28.3 Å². The summed E-state index contributed by atoms with van der Waals surface area (Å²) in [5, 5.41) is 5.08. The molecule has 3 aromatic rings. The van der Waals surface area contributed by atoms with Gasteiger partial charge < -0.3 is 24.7 Å². The van der Waals surface area contributed by atoms with E-state index in [1.54, 1.807) is 31.2 Å². The van der Waals surface area contributed by atoms with Crippen molar-refractivity contribution in [3.05, 3.63) is 106 Å². The number of hydrogen-bond acceptors (Lipinski definition) is 6. The zero-order valence-electron chi connectivity index (χ0n) is 22.2. The number of carbonyl (C=O) groups excluding carboxylic acids is 4. The molecule has 1 aliphatic heterocycles. The highest BCUT2D eigenvalue weighted by molar-refractivity contribution is 6.39. The van der Waals surface area contributed by atoms with Gasteiger partial charge in [-0.05, 0) is 67.8 Å². The summed E-state index contributed by atoms with van der Waals surface area (Å²) in [5.74, 6) is -1.94. The number of rotatable bonds is 7. The second-order valence-corrected chi connectivity index (χ2v) is 9.13. The Morgan fingerprint density at radius 3 is 2.38 bits per heavy atom. The molecule has 0 unspecified atom stereocenters. The molecule has 200 valence electrons. The second-order valence-electron chi connectivity index (χ2n) is 9.13. The molecule has 0 atom stereocenters. The smallest absolute Gasteiger partial charge is 0.340 e. The topological polar surface area (TPSA) is 118 Å². The Hall–Kier alpha value is -4.92. The Morgan fingerprint density at radius 2 is 1.69 bits per heavy atom. The molecule has 2 N–H and O–H groups in total. The van der Waals surface area contributed by atoms with Gasteiger partial charge in [-0.3, -0.25) is 14.4 Å². The highest BCUT2D eigenvalue weighted by Gasteiger charge is 2.37. The van der Waals surface area contributed by atoms with Crippen LogP contribution in [0.25, 0.3) is 6.08 Å². The van der Waals surface area contributed by atoms with E-state index in [0.717, 1.165) is 16.7 Å². The van der Waals surface area contributed by atoms with Crippen LogP contribution < -0.4 is 10.6 Å². The van der Waals surface area contributed by atoms with E-state index in [4.69, 9.17) is 9.15 Å². The third-order valence-electron chi connectivity index (χ3n) is 6.45. The lowest BCUT2D eigenvalue weighted by Crippen LogP contribution is -2.34. The molecule has 4 rings (SSSR count). The number of nitrogens with one attached hydrogen (secondary N) is 2. The van der Waals surface area contributed by atoms with E-state index in [9.17, 15) is 19.2 Å². The van der Waals surface area contributed by atoms with Gasteiger partial charge in [-0.2, -0.15) is 0 Å². The van der Waals surface area contributed by atoms with E-state index in [2.05, 4.69) is 10.6 Å². The molecule has 1 aromatic heterocycles. The summed E-state index contributed by atoms with van der Waals surface area (Å²) >= 11 is 0. The molecule has 9 heteroatoms. The maximum Gasteiger partial charge on any atom is 0.340 e. The second kappa shape index (κ2) is 11.6. The van der Waals surface area contributed by atoms with Crippen LogP contribution in [0, 0.1) is 13.8 Å². The molecule has 39 heavy (non-hydrogen) atoms. The quantitative estimate of drug-likeness (QED) is 0.272. The summed E-state index contributed by atoms with van der Waals surface area (Å²) in [6.45, 7) is 5.82. The first kappa shape index (κ1) is 27.1. The van der Waals surface area contributed by atoms with E-state index in [1.165, 1.54) is 18.1 Å². The van der Waals surface area contributed by atoms with Crippen molar-refractivity contribution >= 4 is 35.5 Å². The number of ether oxygens (including phenoxy) is 1. The average Bonchev–Trinajstić information content (AvgIpc) is 3.47. The molecule has 0 saturated carbocycles. The lowest BCUT2D eigenvalue weighted by Gasteiger charge is -2.17. The lowest BCUT2D eigenvalue weighted by molar-refractivity contribution is -0.136. The number of nitrogens with zero attached hydrogens (tertiary/aromatic N) is 1. The first-order chi connectivity index (χ1) is 18.7. The molecule has 2 heterocycles. The largest absolute Gasteiger partial charge is 0.465 e. The Balaban J connectivity index is 1.45. The number of aryl methyl sites for hydroxylation is 2. The summed E-state index contributed by atoms with van der Waals surface area (Å²) in [4.78, 5) is 51.9. The fraction of sp³-hybridized carbons (Fsp3) is 0.200. The number of methoxy groups -OCH3 is 1. The van der Waals surface area contributed by atoms with Crippen LogP contribution in [0.5, 0.6) is 0 Å². The number of anilines is 1. The minimum absolute atomic E-state index is 0.0465. The van der Waals surface area contributed by atoms with E-state index >= 15 is 0 Å². The molecule has 0 aliphatic carbocycles. The first-order valence-electron chi connectivity index (χ1n) is 12.3. The number of benzene rings is 2. The molecule has 3 amide bonds. The van der Waals surface area contributed by atoms with Gasteiger partial charge >= 0.3 is 17.8 Å². The van der Waals surface area contributed by atoms with E-state index in [-0.39, 0.29) is 23.6 Å². The van der Waals surface area contributed by atoms with Gasteiger partial charge in [-0.1, -0.05) is 36.4 Å². The minimum Gasteiger partial charge on any atom is -0.465 e. The molecule has 0 spiro atoms. The summed E-state index contributed by atoms with van der Waals surface area (Å²) in [7, 11) is 1.26. The number of allylic oxidation sites excluding steroid dienone is 1. The molecule has 0 fully saturated rings. The van der Waals surface area contributed by atoms with Gasteiger partial charge in [0.25, 0.3) is 5.91 Å². The monoisotopic (exact) mass is 527 g/mol. The summed E-state index contributed by atoms with van der Waals surface area (Å²) in [5.41, 5.74) is 4.30. The summed E-state index contributed by atoms with van der Waals surface area (Å²) in [6.07, 6.45) is 1.47. The van der Waals surface area contributed by atoms with Crippen LogP contribution in [0.3, 0.4) is 0 Å². The van der Waals surface area contributed by atoms with Gasteiger partial charge in [-0.25, -0.2) is 4.79 Å². The van der Waals surface area contributed by atoms with Crippen LogP contribution in [0.4, 0.5) is 5.69 Å². The van der Waals surface area contributed by atoms with Crippen molar-refractivity contribution in [3.8, 4) is 0 Å². The van der Waals surface area contributed by atoms with Gasteiger partial charge in [0.05, 0.1) is 31.3 Å². The van der Waals surface area contributed by atoms with Crippen molar-refractivity contribution in [1.82, 2.24) is 10.2 Å². The molecule has 0 bridgehead atoms. The first-order valence-corrected chi connectivity index (χ1v) is 12.3. The lowest BCUT2D eigenvalue weighted by atomic mass is 10.1. The molecule has 0 radical (unpaired) electrons. The van der Waals surface area contributed by atoms with Crippen LogP contribution in [-0.4, -0.2) is 35.7 Å². The molecular formula is C30H29N3O6. The van der Waals surface area contributed by atoms with Crippen molar-refractivity contribution in [3.63, 3.8) is 0 Å². The number of furan rings is 1. The normalized spacial score (nSPS) is 14.1. The maximum atomic E-state index is 13.3. The number of hydrogen-bond donors (Lipinski definition) is 2. The van der Waals surface area contributed by atoms with Crippen LogP contribution in [-0.2, 0) is 37.0 Å². The van der Waals surface area contributed by atoms with Crippen molar-refractivity contribution in [2.45, 2.75) is 33.9 Å². The molecular weight excluding hydrogens is 498 g/mol. The summed E-state index contributed by atoms with van der Waals surface area (Å²) in [6, 6.07) is 18.0. The summed E-state index contributed by atoms with van der Waals surface area (Å²) < 4.78 is 10.7. The molecule has 0 saturated heterocycles. The predicted octanol–water partition coefficient (Wildman–Crippen LogP) is 4.02. The third kappa shape index (κ3) is 6.15. The Kier molecular flexibility index (Phi) is 8.10. The van der Waals surface area contributed by atoms with Crippen LogP contribution >= 0.6 is 0 Å². The molecule has 2 aromatic carbocycles. The van der Waals surface area contributed by atoms with Crippen LogP contribution in [0.15, 0.2) is 81.9 Å². The zero-order chi connectivity index (χ0) is 28.1. The highest BCUT2D eigenvalue weighted by atomic mass is 16.5. The number of esters is 1. The van der Waals surface area contributed by atoms with Gasteiger partial charge in [0.1, 0.15) is 11.5 Å². The van der Waals surface area contributed by atoms with Gasteiger partial charge in [0.15, 0.2) is 0 Å². The average molecular weight is 528 g/mol. The Morgan fingerprint density at radius 1 is 0.949 bits per heavy atom. The van der Waals surface area contributed by atoms with Gasteiger partial charge in [0.2, 0.25) is 0 Å². The standard InChI is InChI=1S/C30H29N3O6/c1-18-10-11-22(14-19(18)2)32-28(35)27(34)31-16-24-13-12-23(39-24)15-25-26(30(37)38-4)20(3)33(29(25)36)17-21-8-6-5-7-9-21/h5-15H,16-17H2,1-4H3,(H,31,34)(H,32,35)/b25-15+. The minimum atomic E-state index is -0.821. The molecule has 1 aliphatic rings. The SMILES string of the molecule is COC(=O)C1=C(C)N(Cc2ccccc2)C(=O)/C1=C/c1ccc(CNC(=O)C(=O)Nc2ccc(C)c(C)c2)o1. The van der Waals surface area contributed by atoms with Crippen LogP contribution in [0.2, 0.25) is 0 Å². The zero-order valence-corrected chi connectivity index (χ0v) is 22.2. The number of amides is 3. The van der Waals surface area contributed by atoms with Crippen LogP contribution in [0.1, 0.15) is 35.1 Å². The fourth-order valence-corrected chi connectivity index (χ4v) is 4.15. The van der Waals surface area contributed by atoms with E-state index < -0.39 is 17.8 Å². The molecule has 9 nitrogen and oxygen atoms in total. The van der Waals surface area contributed by atoms with Gasteiger partial charge in [0, 0.05) is 11.4 Å². The number of carbonyl (C=O) groups is 4. The fourth-order valence-electron chi connectivity index (χ4n) is 4.15. The van der Waals surface area contributed by atoms with Gasteiger partial charge in [-0.15, -0.1) is 0 Å².